The molecule has 0 aliphatic rings. The lowest BCUT2D eigenvalue weighted by atomic mass is 10.0. The number of benzene rings is 2. The Hall–Kier alpha value is -2.54. The van der Waals surface area contributed by atoms with Gasteiger partial charge in [-0.1, -0.05) is 41.6 Å². The monoisotopic (exact) mass is 439 g/mol. The van der Waals surface area contributed by atoms with Gasteiger partial charge in [0.25, 0.3) is 0 Å². The predicted octanol–water partition coefficient (Wildman–Crippen LogP) is 5.41. The summed E-state index contributed by atoms with van der Waals surface area (Å²) in [7, 11) is 0. The molecule has 0 unspecified atom stereocenters. The zero-order valence-electron chi connectivity index (χ0n) is 16.8. The molecule has 0 amide bonds. The maximum absolute atomic E-state index is 10.4. The standard InChI is InChI=1S/C23H22ClN3O2S/c1-3-29-17-8-9-18-20(10-17)27(13-15-6-4-5-7-19(15)24)21(14-28)22(18)16-11-25-23(30-2)26-12-16/h4-12,28H,3,13-14H2,1-2H3. The third-order valence-electron chi connectivity index (χ3n) is 4.99. The minimum Gasteiger partial charge on any atom is -0.494 e. The van der Waals surface area contributed by atoms with E-state index < -0.39 is 0 Å². The lowest BCUT2D eigenvalue weighted by Crippen LogP contribution is -2.06. The highest BCUT2D eigenvalue weighted by Gasteiger charge is 2.20. The molecule has 4 rings (SSSR count). The van der Waals surface area contributed by atoms with Gasteiger partial charge in [0.2, 0.25) is 0 Å². The predicted molar refractivity (Wildman–Crippen MR) is 122 cm³/mol. The fourth-order valence-corrected chi connectivity index (χ4v) is 4.16. The van der Waals surface area contributed by atoms with Crippen molar-refractivity contribution in [3.63, 3.8) is 0 Å². The summed E-state index contributed by atoms with van der Waals surface area (Å²) in [5.74, 6) is 0.785. The SMILES string of the molecule is CCOc1ccc2c(-c3cnc(SC)nc3)c(CO)n(Cc3ccccc3Cl)c2c1. The Balaban J connectivity index is 1.95. The molecule has 0 radical (unpaired) electrons. The van der Waals surface area contributed by atoms with E-state index in [-0.39, 0.29) is 6.61 Å². The first-order chi connectivity index (χ1) is 14.7. The van der Waals surface area contributed by atoms with Gasteiger partial charge in [0.1, 0.15) is 5.75 Å². The van der Waals surface area contributed by atoms with Crippen LogP contribution in [0.15, 0.2) is 60.0 Å². The topological polar surface area (TPSA) is 60.2 Å². The van der Waals surface area contributed by atoms with E-state index in [2.05, 4.69) is 14.5 Å². The molecular weight excluding hydrogens is 418 g/mol. The lowest BCUT2D eigenvalue weighted by Gasteiger charge is -2.12. The van der Waals surface area contributed by atoms with Crippen molar-refractivity contribution in [2.75, 3.05) is 12.9 Å². The van der Waals surface area contributed by atoms with Crippen LogP contribution in [0.1, 0.15) is 18.2 Å². The van der Waals surface area contributed by atoms with E-state index in [9.17, 15) is 5.11 Å². The number of fused-ring (bicyclic) bond motifs is 1. The van der Waals surface area contributed by atoms with Gasteiger partial charge >= 0.3 is 0 Å². The van der Waals surface area contributed by atoms with Gasteiger partial charge in [-0.3, -0.25) is 0 Å². The van der Waals surface area contributed by atoms with Crippen molar-refractivity contribution < 1.29 is 9.84 Å². The molecule has 0 bridgehead atoms. The summed E-state index contributed by atoms with van der Waals surface area (Å²) in [5.41, 5.74) is 4.53. The van der Waals surface area contributed by atoms with Gasteiger partial charge in [-0.2, -0.15) is 0 Å². The fourth-order valence-electron chi connectivity index (χ4n) is 3.65. The second-order valence-corrected chi connectivity index (χ2v) is 7.91. The van der Waals surface area contributed by atoms with Crippen LogP contribution in [0.2, 0.25) is 5.02 Å². The van der Waals surface area contributed by atoms with Gasteiger partial charge in [0, 0.05) is 46.5 Å². The number of halogens is 1. The van der Waals surface area contributed by atoms with Crippen LogP contribution in [0.4, 0.5) is 0 Å². The second kappa shape index (κ2) is 9.08. The van der Waals surface area contributed by atoms with Crippen molar-refractivity contribution in [3.8, 4) is 16.9 Å². The number of aromatic nitrogens is 3. The van der Waals surface area contributed by atoms with E-state index in [1.54, 1.807) is 0 Å². The first-order valence-corrected chi connectivity index (χ1v) is 11.2. The lowest BCUT2D eigenvalue weighted by molar-refractivity contribution is 0.273. The van der Waals surface area contributed by atoms with Crippen LogP contribution in [-0.4, -0.2) is 32.5 Å². The molecule has 30 heavy (non-hydrogen) atoms. The summed E-state index contributed by atoms with van der Waals surface area (Å²) in [6.45, 7) is 2.96. The Bertz CT molecular complexity index is 1180. The fraction of sp³-hybridized carbons (Fsp3) is 0.217. The highest BCUT2D eigenvalue weighted by molar-refractivity contribution is 7.98. The molecule has 0 aliphatic carbocycles. The van der Waals surface area contributed by atoms with Crippen molar-refractivity contribution in [1.82, 2.24) is 14.5 Å². The molecule has 2 heterocycles. The largest absolute Gasteiger partial charge is 0.494 e. The van der Waals surface area contributed by atoms with E-state index >= 15 is 0 Å². The minimum absolute atomic E-state index is 0.122. The summed E-state index contributed by atoms with van der Waals surface area (Å²) >= 11 is 7.93. The number of ether oxygens (including phenoxy) is 1. The number of aliphatic hydroxyl groups excluding tert-OH is 1. The van der Waals surface area contributed by atoms with Gasteiger partial charge in [-0.05, 0) is 36.9 Å². The molecule has 0 aliphatic heterocycles. The van der Waals surface area contributed by atoms with E-state index in [4.69, 9.17) is 16.3 Å². The summed E-state index contributed by atoms with van der Waals surface area (Å²) in [6, 6.07) is 13.7. The van der Waals surface area contributed by atoms with E-state index in [1.807, 2.05) is 68.0 Å². The summed E-state index contributed by atoms with van der Waals surface area (Å²) in [5, 5.41) is 12.8. The average molecular weight is 440 g/mol. The molecule has 0 fully saturated rings. The van der Waals surface area contributed by atoms with E-state index in [0.717, 1.165) is 39.0 Å². The smallest absolute Gasteiger partial charge is 0.187 e. The number of hydrogen-bond donors (Lipinski definition) is 1. The van der Waals surface area contributed by atoms with Gasteiger partial charge in [-0.25, -0.2) is 9.97 Å². The Morgan fingerprint density at radius 2 is 1.90 bits per heavy atom. The summed E-state index contributed by atoms with van der Waals surface area (Å²) in [4.78, 5) is 8.85. The van der Waals surface area contributed by atoms with E-state index in [0.29, 0.717) is 23.3 Å². The molecule has 1 N–H and O–H groups in total. The zero-order valence-corrected chi connectivity index (χ0v) is 18.4. The molecule has 2 aromatic carbocycles. The van der Waals surface area contributed by atoms with Crippen LogP contribution in [0.25, 0.3) is 22.0 Å². The van der Waals surface area contributed by atoms with Gasteiger partial charge < -0.3 is 14.4 Å². The first kappa shape index (κ1) is 20.7. The Morgan fingerprint density at radius 1 is 1.13 bits per heavy atom. The Labute approximate surface area is 184 Å². The third-order valence-corrected chi connectivity index (χ3v) is 5.93. The summed E-state index contributed by atoms with van der Waals surface area (Å²) < 4.78 is 7.83. The Morgan fingerprint density at radius 3 is 2.57 bits per heavy atom. The molecular formula is C23H22ClN3O2S. The maximum Gasteiger partial charge on any atom is 0.187 e. The summed E-state index contributed by atoms with van der Waals surface area (Å²) in [6.07, 6.45) is 5.56. The maximum atomic E-state index is 10.4. The number of thioether (sulfide) groups is 1. The molecule has 7 heteroatoms. The van der Waals surface area contributed by atoms with Crippen LogP contribution in [-0.2, 0) is 13.2 Å². The Kier molecular flexibility index (Phi) is 6.27. The molecule has 4 aromatic rings. The van der Waals surface area contributed by atoms with Crippen LogP contribution in [0.5, 0.6) is 5.75 Å². The van der Waals surface area contributed by atoms with Gasteiger partial charge in [-0.15, -0.1) is 0 Å². The highest BCUT2D eigenvalue weighted by atomic mass is 35.5. The third kappa shape index (κ3) is 3.90. The number of rotatable bonds is 7. The second-order valence-electron chi connectivity index (χ2n) is 6.73. The van der Waals surface area contributed by atoms with Crippen LogP contribution in [0, 0.1) is 0 Å². The molecule has 0 saturated heterocycles. The van der Waals surface area contributed by atoms with E-state index in [1.165, 1.54) is 11.8 Å². The van der Waals surface area contributed by atoms with Crippen molar-refractivity contribution in [2.45, 2.75) is 25.2 Å². The van der Waals surface area contributed by atoms with Crippen molar-refractivity contribution >= 4 is 34.3 Å². The van der Waals surface area contributed by atoms with Crippen molar-refractivity contribution in [2.24, 2.45) is 0 Å². The normalized spacial score (nSPS) is 11.2. The van der Waals surface area contributed by atoms with Crippen LogP contribution in [0.3, 0.4) is 0 Å². The molecule has 0 spiro atoms. The van der Waals surface area contributed by atoms with Crippen molar-refractivity contribution in [3.05, 3.63) is 71.1 Å². The zero-order chi connectivity index (χ0) is 21.1. The van der Waals surface area contributed by atoms with Crippen LogP contribution < -0.4 is 4.74 Å². The molecule has 0 saturated carbocycles. The van der Waals surface area contributed by atoms with Gasteiger partial charge in [0.05, 0.1) is 24.4 Å². The average Bonchev–Trinajstić information content (AvgIpc) is 3.08. The van der Waals surface area contributed by atoms with Crippen molar-refractivity contribution in [1.29, 1.82) is 0 Å². The molecule has 154 valence electrons. The quantitative estimate of drug-likeness (QED) is 0.308. The van der Waals surface area contributed by atoms with Crippen LogP contribution >= 0.6 is 23.4 Å². The molecule has 0 atom stereocenters. The molecule has 5 nitrogen and oxygen atoms in total. The molecule has 2 aromatic heterocycles. The highest BCUT2D eigenvalue weighted by Crippen LogP contribution is 2.37. The number of nitrogens with zero attached hydrogens (tertiary/aromatic N) is 3. The number of aliphatic hydroxyl groups is 1. The van der Waals surface area contributed by atoms with Gasteiger partial charge in [0.15, 0.2) is 5.16 Å². The number of hydrogen-bond acceptors (Lipinski definition) is 5. The minimum atomic E-state index is -0.122. The first-order valence-electron chi connectivity index (χ1n) is 9.64.